The molecular formula is C12H13BrClF2NO2. The van der Waals surface area contributed by atoms with Crippen LogP contribution in [0, 0.1) is 11.6 Å². The molecule has 0 aliphatic rings. The van der Waals surface area contributed by atoms with Crippen LogP contribution in [0.3, 0.4) is 0 Å². The molecule has 0 heterocycles. The zero-order chi connectivity index (χ0) is 14.3. The van der Waals surface area contributed by atoms with Crippen LogP contribution in [-0.4, -0.2) is 31.0 Å². The number of hydrogen-bond acceptors (Lipinski definition) is 2. The van der Waals surface area contributed by atoms with Crippen molar-refractivity contribution in [2.24, 2.45) is 0 Å². The van der Waals surface area contributed by atoms with Crippen LogP contribution in [0.1, 0.15) is 16.8 Å². The second kappa shape index (κ2) is 8.45. The Kier molecular flexibility index (Phi) is 7.27. The van der Waals surface area contributed by atoms with Gasteiger partial charge in [0.1, 0.15) is 11.6 Å². The van der Waals surface area contributed by atoms with Crippen molar-refractivity contribution in [1.29, 1.82) is 0 Å². The van der Waals surface area contributed by atoms with Gasteiger partial charge in [-0.05, 0) is 18.6 Å². The molecule has 0 atom stereocenters. The van der Waals surface area contributed by atoms with E-state index in [-0.39, 0.29) is 10.6 Å². The third kappa shape index (κ3) is 5.42. The van der Waals surface area contributed by atoms with E-state index in [0.717, 1.165) is 17.5 Å². The third-order valence-electron chi connectivity index (χ3n) is 2.23. The van der Waals surface area contributed by atoms with Crippen molar-refractivity contribution >= 4 is 33.4 Å². The van der Waals surface area contributed by atoms with Crippen molar-refractivity contribution < 1.29 is 18.3 Å². The van der Waals surface area contributed by atoms with Gasteiger partial charge in [0.15, 0.2) is 0 Å². The molecule has 0 saturated heterocycles. The van der Waals surface area contributed by atoms with Crippen LogP contribution in [-0.2, 0) is 4.74 Å². The van der Waals surface area contributed by atoms with Crippen LogP contribution in [0.2, 0.25) is 5.02 Å². The van der Waals surface area contributed by atoms with Crippen molar-refractivity contribution in [2.75, 3.05) is 25.1 Å². The van der Waals surface area contributed by atoms with Crippen molar-refractivity contribution in [3.8, 4) is 0 Å². The van der Waals surface area contributed by atoms with Crippen LogP contribution < -0.4 is 5.32 Å². The monoisotopic (exact) mass is 355 g/mol. The summed E-state index contributed by atoms with van der Waals surface area (Å²) < 4.78 is 31.7. The fraction of sp³-hybridized carbons (Fsp3) is 0.417. The highest BCUT2D eigenvalue weighted by atomic mass is 79.9. The van der Waals surface area contributed by atoms with E-state index < -0.39 is 17.5 Å². The summed E-state index contributed by atoms with van der Waals surface area (Å²) >= 11 is 8.61. The molecule has 0 radical (unpaired) electrons. The number of benzene rings is 1. The molecule has 1 amide bonds. The van der Waals surface area contributed by atoms with Crippen molar-refractivity contribution in [3.05, 3.63) is 34.4 Å². The van der Waals surface area contributed by atoms with Gasteiger partial charge >= 0.3 is 0 Å². The Hall–Kier alpha value is -0.720. The maximum absolute atomic E-state index is 13.4. The molecule has 0 saturated carbocycles. The van der Waals surface area contributed by atoms with Crippen LogP contribution in [0.4, 0.5) is 8.78 Å². The Morgan fingerprint density at radius 2 is 2.05 bits per heavy atom. The first-order valence-electron chi connectivity index (χ1n) is 5.62. The molecular weight excluding hydrogens is 343 g/mol. The summed E-state index contributed by atoms with van der Waals surface area (Å²) in [4.78, 5) is 11.6. The second-order valence-electron chi connectivity index (χ2n) is 3.66. The molecule has 0 bridgehead atoms. The van der Waals surface area contributed by atoms with E-state index >= 15 is 0 Å². The normalized spacial score (nSPS) is 10.5. The Morgan fingerprint density at radius 1 is 1.32 bits per heavy atom. The first-order chi connectivity index (χ1) is 9.06. The van der Waals surface area contributed by atoms with Crippen LogP contribution >= 0.6 is 27.5 Å². The number of halogens is 4. The van der Waals surface area contributed by atoms with Crippen molar-refractivity contribution in [3.63, 3.8) is 0 Å². The molecule has 106 valence electrons. The van der Waals surface area contributed by atoms with Crippen LogP contribution in [0.5, 0.6) is 0 Å². The minimum atomic E-state index is -0.848. The van der Waals surface area contributed by atoms with E-state index in [1.807, 2.05) is 0 Å². The Labute approximate surface area is 123 Å². The first-order valence-corrected chi connectivity index (χ1v) is 7.12. The fourth-order valence-electron chi connectivity index (χ4n) is 1.32. The smallest absolute Gasteiger partial charge is 0.254 e. The molecule has 1 N–H and O–H groups in total. The van der Waals surface area contributed by atoms with Crippen LogP contribution in [0.15, 0.2) is 12.1 Å². The van der Waals surface area contributed by atoms with Gasteiger partial charge in [-0.3, -0.25) is 4.79 Å². The maximum Gasteiger partial charge on any atom is 0.254 e. The van der Waals surface area contributed by atoms with Crippen molar-refractivity contribution in [1.82, 2.24) is 5.32 Å². The molecule has 3 nitrogen and oxygen atoms in total. The predicted octanol–water partition coefficient (Wildman–Crippen LogP) is 3.15. The lowest BCUT2D eigenvalue weighted by Crippen LogP contribution is -2.26. The highest BCUT2D eigenvalue weighted by Crippen LogP contribution is 2.19. The quantitative estimate of drug-likeness (QED) is 0.463. The standard InChI is InChI=1S/C12H13BrClF2NO2/c13-2-5-19-4-1-3-17-12(18)8-6-11(16)9(14)7-10(8)15/h6-7H,1-5H2,(H,17,18). The Morgan fingerprint density at radius 3 is 2.74 bits per heavy atom. The number of ether oxygens (including phenoxy) is 1. The second-order valence-corrected chi connectivity index (χ2v) is 4.86. The van der Waals surface area contributed by atoms with Crippen molar-refractivity contribution in [2.45, 2.75) is 6.42 Å². The summed E-state index contributed by atoms with van der Waals surface area (Å²) in [5, 5.41) is 2.88. The van der Waals surface area contributed by atoms with Crippen LogP contribution in [0.25, 0.3) is 0 Å². The average Bonchev–Trinajstić information content (AvgIpc) is 2.37. The number of amides is 1. The minimum Gasteiger partial charge on any atom is -0.381 e. The van der Waals surface area contributed by atoms with E-state index in [9.17, 15) is 13.6 Å². The van der Waals surface area contributed by atoms with Gasteiger partial charge < -0.3 is 10.1 Å². The maximum atomic E-state index is 13.4. The molecule has 0 aliphatic carbocycles. The molecule has 0 fully saturated rings. The van der Waals surface area contributed by atoms with E-state index in [4.69, 9.17) is 16.3 Å². The predicted molar refractivity (Wildman–Crippen MR) is 72.9 cm³/mol. The summed E-state index contributed by atoms with van der Waals surface area (Å²) in [7, 11) is 0. The van der Waals surface area contributed by atoms with Gasteiger partial charge in [-0.25, -0.2) is 8.78 Å². The van der Waals surface area contributed by atoms with Gasteiger partial charge in [-0.1, -0.05) is 27.5 Å². The number of carbonyl (C=O) groups excluding carboxylic acids is 1. The molecule has 19 heavy (non-hydrogen) atoms. The molecule has 1 aromatic rings. The largest absolute Gasteiger partial charge is 0.381 e. The number of alkyl halides is 1. The lowest BCUT2D eigenvalue weighted by molar-refractivity contribution is 0.0940. The average molecular weight is 357 g/mol. The number of carbonyl (C=O) groups is 1. The lowest BCUT2D eigenvalue weighted by atomic mass is 10.2. The topological polar surface area (TPSA) is 38.3 Å². The van der Waals surface area contributed by atoms with Gasteiger partial charge in [0.25, 0.3) is 5.91 Å². The zero-order valence-electron chi connectivity index (χ0n) is 10.0. The summed E-state index contributed by atoms with van der Waals surface area (Å²) in [6, 6.07) is 1.57. The summed E-state index contributed by atoms with van der Waals surface area (Å²) in [5.74, 6) is -2.35. The zero-order valence-corrected chi connectivity index (χ0v) is 12.4. The Bertz CT molecular complexity index is 446. The minimum absolute atomic E-state index is 0.324. The highest BCUT2D eigenvalue weighted by molar-refractivity contribution is 9.09. The molecule has 1 rings (SSSR count). The molecule has 1 aromatic carbocycles. The van der Waals surface area contributed by atoms with E-state index in [0.29, 0.717) is 26.2 Å². The lowest BCUT2D eigenvalue weighted by Gasteiger charge is -2.07. The molecule has 0 aliphatic heterocycles. The SMILES string of the molecule is O=C(NCCCOCCBr)c1cc(F)c(Cl)cc1F. The summed E-state index contributed by atoms with van der Waals surface area (Å²) in [5.41, 5.74) is -0.358. The number of rotatable bonds is 7. The molecule has 7 heteroatoms. The summed E-state index contributed by atoms with van der Waals surface area (Å²) in [6.07, 6.45) is 0.594. The van der Waals surface area contributed by atoms with Gasteiger partial charge in [-0.15, -0.1) is 0 Å². The molecule has 0 spiro atoms. The first kappa shape index (κ1) is 16.3. The van der Waals surface area contributed by atoms with Gasteiger partial charge in [-0.2, -0.15) is 0 Å². The van der Waals surface area contributed by atoms with Gasteiger partial charge in [0, 0.05) is 18.5 Å². The Balaban J connectivity index is 2.43. The van der Waals surface area contributed by atoms with E-state index in [2.05, 4.69) is 21.2 Å². The fourth-order valence-corrected chi connectivity index (χ4v) is 1.70. The van der Waals surface area contributed by atoms with E-state index in [1.165, 1.54) is 0 Å². The third-order valence-corrected chi connectivity index (χ3v) is 2.84. The number of hydrogen-bond donors (Lipinski definition) is 1. The van der Waals surface area contributed by atoms with Gasteiger partial charge in [0.05, 0.1) is 17.2 Å². The summed E-state index contributed by atoms with van der Waals surface area (Å²) in [6.45, 7) is 1.40. The van der Waals surface area contributed by atoms with E-state index in [1.54, 1.807) is 0 Å². The highest BCUT2D eigenvalue weighted by Gasteiger charge is 2.14. The van der Waals surface area contributed by atoms with Gasteiger partial charge in [0.2, 0.25) is 0 Å². The molecule has 0 aromatic heterocycles. The number of nitrogens with one attached hydrogen (secondary N) is 1. The molecule has 0 unspecified atom stereocenters.